The highest BCUT2D eigenvalue weighted by Gasteiger charge is 2.20. The van der Waals surface area contributed by atoms with Crippen molar-refractivity contribution in [3.8, 4) is 5.75 Å². The fraction of sp³-hybridized carbons (Fsp3) is 0.476. The van der Waals surface area contributed by atoms with Crippen molar-refractivity contribution in [2.45, 2.75) is 32.1 Å². The Morgan fingerprint density at radius 3 is 2.88 bits per heavy atom. The summed E-state index contributed by atoms with van der Waals surface area (Å²) >= 11 is 0. The molecule has 0 radical (unpaired) electrons. The minimum absolute atomic E-state index is 0.295. The molecule has 3 rings (SSSR count). The molecule has 2 aromatic carbocycles. The predicted octanol–water partition coefficient (Wildman–Crippen LogP) is 4.19. The number of rotatable bonds is 8. The van der Waals surface area contributed by atoms with Gasteiger partial charge in [-0.3, -0.25) is 4.79 Å². The predicted molar refractivity (Wildman–Crippen MR) is 100 cm³/mol. The van der Waals surface area contributed by atoms with Crippen molar-refractivity contribution in [1.29, 1.82) is 0 Å². The van der Waals surface area contributed by atoms with Crippen LogP contribution in [0.2, 0.25) is 0 Å². The molecule has 1 atom stereocenters. The lowest BCUT2D eigenvalue weighted by molar-refractivity contribution is -0.137. The number of likely N-dealkylation sites (tertiary alicyclic amines) is 1. The number of piperidine rings is 1. The van der Waals surface area contributed by atoms with Gasteiger partial charge in [0.15, 0.2) is 0 Å². The lowest BCUT2D eigenvalue weighted by Gasteiger charge is -2.32. The first kappa shape index (κ1) is 17.7. The van der Waals surface area contributed by atoms with E-state index in [9.17, 15) is 4.79 Å². The Bertz CT molecular complexity index is 700. The number of benzene rings is 2. The molecule has 1 aliphatic heterocycles. The molecule has 0 saturated carbocycles. The van der Waals surface area contributed by atoms with Crippen LogP contribution in [0.3, 0.4) is 0 Å². The normalized spacial score (nSPS) is 18.3. The number of carboxylic acids is 1. The fourth-order valence-electron chi connectivity index (χ4n) is 3.65. The zero-order valence-electron chi connectivity index (χ0n) is 14.7. The summed E-state index contributed by atoms with van der Waals surface area (Å²) in [5.74, 6) is 0.781. The van der Waals surface area contributed by atoms with Crippen LogP contribution >= 0.6 is 0 Å². The number of hydrogen-bond donors (Lipinski definition) is 1. The number of ether oxygens (including phenoxy) is 1. The molecule has 2 aromatic rings. The van der Waals surface area contributed by atoms with Gasteiger partial charge in [0, 0.05) is 19.5 Å². The number of carbonyl (C=O) groups is 1. The standard InChI is InChI=1S/C21H27NO3/c23-21(24)11-8-17-5-3-12-22(16-17)13-4-14-25-20-10-9-18-6-1-2-7-19(18)15-20/h1-2,6-7,9-10,15,17H,3-5,8,11-14,16H2,(H,23,24). The quantitative estimate of drug-likeness (QED) is 0.732. The van der Waals surface area contributed by atoms with Gasteiger partial charge < -0.3 is 14.7 Å². The molecule has 1 fully saturated rings. The summed E-state index contributed by atoms with van der Waals surface area (Å²) in [4.78, 5) is 13.2. The van der Waals surface area contributed by atoms with E-state index in [0.29, 0.717) is 18.9 Å². The van der Waals surface area contributed by atoms with Crippen LogP contribution in [-0.4, -0.2) is 42.2 Å². The Hall–Kier alpha value is -2.07. The molecule has 1 unspecified atom stereocenters. The van der Waals surface area contributed by atoms with Crippen LogP contribution in [0.1, 0.15) is 32.1 Å². The molecular formula is C21H27NO3. The lowest BCUT2D eigenvalue weighted by Crippen LogP contribution is -2.36. The Balaban J connectivity index is 1.39. The van der Waals surface area contributed by atoms with E-state index in [1.54, 1.807) is 0 Å². The van der Waals surface area contributed by atoms with E-state index in [-0.39, 0.29) is 0 Å². The first-order chi connectivity index (χ1) is 12.2. The van der Waals surface area contributed by atoms with Gasteiger partial charge in [0.25, 0.3) is 0 Å². The number of fused-ring (bicyclic) bond motifs is 1. The Morgan fingerprint density at radius 2 is 2.04 bits per heavy atom. The fourth-order valence-corrected chi connectivity index (χ4v) is 3.65. The Kier molecular flexibility index (Phi) is 6.29. The van der Waals surface area contributed by atoms with Crippen LogP contribution in [0.5, 0.6) is 5.75 Å². The molecule has 0 bridgehead atoms. The third-order valence-corrected chi connectivity index (χ3v) is 4.98. The largest absolute Gasteiger partial charge is 0.494 e. The molecule has 4 heteroatoms. The summed E-state index contributed by atoms with van der Waals surface area (Å²) in [7, 11) is 0. The van der Waals surface area contributed by atoms with Crippen LogP contribution in [-0.2, 0) is 4.79 Å². The van der Waals surface area contributed by atoms with Gasteiger partial charge in [-0.2, -0.15) is 0 Å². The smallest absolute Gasteiger partial charge is 0.303 e. The van der Waals surface area contributed by atoms with E-state index in [1.165, 1.54) is 17.2 Å². The highest BCUT2D eigenvalue weighted by molar-refractivity contribution is 5.83. The van der Waals surface area contributed by atoms with Crippen molar-refractivity contribution in [2.75, 3.05) is 26.2 Å². The molecule has 0 aliphatic carbocycles. The van der Waals surface area contributed by atoms with Gasteiger partial charge in [-0.15, -0.1) is 0 Å². The van der Waals surface area contributed by atoms with Crippen LogP contribution < -0.4 is 4.74 Å². The molecule has 1 saturated heterocycles. The SMILES string of the molecule is O=C(O)CCC1CCCN(CCCOc2ccc3ccccc3c2)C1. The second kappa shape index (κ2) is 8.86. The first-order valence-corrected chi connectivity index (χ1v) is 9.26. The molecule has 1 aliphatic rings. The van der Waals surface area contributed by atoms with E-state index in [0.717, 1.165) is 44.6 Å². The molecule has 0 spiro atoms. The van der Waals surface area contributed by atoms with Crippen molar-refractivity contribution < 1.29 is 14.6 Å². The average molecular weight is 341 g/mol. The first-order valence-electron chi connectivity index (χ1n) is 9.26. The monoisotopic (exact) mass is 341 g/mol. The average Bonchev–Trinajstić information content (AvgIpc) is 2.64. The third kappa shape index (κ3) is 5.46. The minimum Gasteiger partial charge on any atom is -0.494 e. The Labute approximate surface area is 149 Å². The van der Waals surface area contributed by atoms with Crippen LogP contribution in [0.15, 0.2) is 42.5 Å². The minimum atomic E-state index is -0.680. The number of aliphatic carboxylic acids is 1. The summed E-state index contributed by atoms with van der Waals surface area (Å²) in [6, 6.07) is 14.5. The summed E-state index contributed by atoms with van der Waals surface area (Å²) in [5.41, 5.74) is 0. The molecule has 1 N–H and O–H groups in total. The molecule has 4 nitrogen and oxygen atoms in total. The molecule has 1 heterocycles. The zero-order valence-corrected chi connectivity index (χ0v) is 14.7. The van der Waals surface area contributed by atoms with E-state index in [2.05, 4.69) is 29.2 Å². The second-order valence-electron chi connectivity index (χ2n) is 6.95. The van der Waals surface area contributed by atoms with Crippen molar-refractivity contribution in [1.82, 2.24) is 4.90 Å². The van der Waals surface area contributed by atoms with Gasteiger partial charge in [-0.05, 0) is 61.1 Å². The van der Waals surface area contributed by atoms with Gasteiger partial charge in [-0.1, -0.05) is 30.3 Å². The molecule has 0 amide bonds. The molecule has 134 valence electrons. The Morgan fingerprint density at radius 1 is 1.20 bits per heavy atom. The maximum absolute atomic E-state index is 10.7. The van der Waals surface area contributed by atoms with Crippen molar-refractivity contribution in [3.05, 3.63) is 42.5 Å². The van der Waals surface area contributed by atoms with Crippen LogP contribution in [0.25, 0.3) is 10.8 Å². The van der Waals surface area contributed by atoms with E-state index < -0.39 is 5.97 Å². The summed E-state index contributed by atoms with van der Waals surface area (Å²) in [5, 5.41) is 11.3. The third-order valence-electron chi connectivity index (χ3n) is 4.98. The van der Waals surface area contributed by atoms with Gasteiger partial charge in [-0.25, -0.2) is 0 Å². The topological polar surface area (TPSA) is 49.8 Å². The summed E-state index contributed by atoms with van der Waals surface area (Å²) in [6.45, 7) is 3.90. The van der Waals surface area contributed by atoms with Crippen LogP contribution in [0.4, 0.5) is 0 Å². The van der Waals surface area contributed by atoms with Gasteiger partial charge in [0.05, 0.1) is 6.61 Å². The maximum Gasteiger partial charge on any atom is 0.303 e. The number of hydrogen-bond acceptors (Lipinski definition) is 3. The van der Waals surface area contributed by atoms with Crippen molar-refractivity contribution in [2.24, 2.45) is 5.92 Å². The second-order valence-corrected chi connectivity index (χ2v) is 6.95. The van der Waals surface area contributed by atoms with Gasteiger partial charge in [0.1, 0.15) is 5.75 Å². The molecule has 0 aromatic heterocycles. The van der Waals surface area contributed by atoms with Crippen molar-refractivity contribution >= 4 is 16.7 Å². The van der Waals surface area contributed by atoms with Gasteiger partial charge >= 0.3 is 5.97 Å². The summed E-state index contributed by atoms with van der Waals surface area (Å²) in [6.07, 6.45) is 4.44. The van der Waals surface area contributed by atoms with E-state index in [4.69, 9.17) is 9.84 Å². The molecular weight excluding hydrogens is 314 g/mol. The van der Waals surface area contributed by atoms with Gasteiger partial charge in [0.2, 0.25) is 0 Å². The number of carboxylic acid groups (broad SMARTS) is 1. The highest BCUT2D eigenvalue weighted by Crippen LogP contribution is 2.22. The van der Waals surface area contributed by atoms with E-state index in [1.807, 2.05) is 18.2 Å². The van der Waals surface area contributed by atoms with Crippen molar-refractivity contribution in [3.63, 3.8) is 0 Å². The van der Waals surface area contributed by atoms with Crippen LogP contribution in [0, 0.1) is 5.92 Å². The lowest BCUT2D eigenvalue weighted by atomic mass is 9.93. The number of nitrogens with zero attached hydrogens (tertiary/aromatic N) is 1. The maximum atomic E-state index is 10.7. The highest BCUT2D eigenvalue weighted by atomic mass is 16.5. The van der Waals surface area contributed by atoms with E-state index >= 15 is 0 Å². The zero-order chi connectivity index (χ0) is 17.5. The summed E-state index contributed by atoms with van der Waals surface area (Å²) < 4.78 is 5.91. The molecule has 25 heavy (non-hydrogen) atoms.